The quantitative estimate of drug-likeness (QED) is 0.739. The highest BCUT2D eigenvalue weighted by Gasteiger charge is 2.19. The fraction of sp³-hybridized carbons (Fsp3) is 0.350. The molecule has 4 rings (SSSR count). The Morgan fingerprint density at radius 1 is 1.15 bits per heavy atom. The van der Waals surface area contributed by atoms with Gasteiger partial charge in [-0.15, -0.1) is 0 Å². The van der Waals surface area contributed by atoms with Crippen molar-refractivity contribution in [1.29, 1.82) is 0 Å². The molecule has 2 aromatic heterocycles. The molecular formula is C20H22N4O3. The molecule has 0 unspecified atom stereocenters. The highest BCUT2D eigenvalue weighted by Crippen LogP contribution is 2.24. The van der Waals surface area contributed by atoms with Gasteiger partial charge in [-0.2, -0.15) is 4.98 Å². The van der Waals surface area contributed by atoms with Crippen molar-refractivity contribution in [3.05, 3.63) is 54.3 Å². The normalized spacial score (nSPS) is 15.5. The molecule has 1 amide bonds. The van der Waals surface area contributed by atoms with Gasteiger partial charge < -0.3 is 19.2 Å². The molecule has 7 nitrogen and oxygen atoms in total. The van der Waals surface area contributed by atoms with Crippen LogP contribution in [-0.4, -0.2) is 29.1 Å². The molecule has 1 N–H and O–H groups in total. The summed E-state index contributed by atoms with van der Waals surface area (Å²) in [4.78, 5) is 18.9. The van der Waals surface area contributed by atoms with Crippen LogP contribution in [0.5, 0.6) is 0 Å². The van der Waals surface area contributed by atoms with Gasteiger partial charge in [0.25, 0.3) is 5.91 Å². The zero-order valence-electron chi connectivity index (χ0n) is 15.2. The average molecular weight is 366 g/mol. The summed E-state index contributed by atoms with van der Waals surface area (Å²) in [6.45, 7) is 4.01. The summed E-state index contributed by atoms with van der Waals surface area (Å²) >= 11 is 0. The smallest absolute Gasteiger partial charge is 0.287 e. The third-order valence-electron chi connectivity index (χ3n) is 4.75. The minimum atomic E-state index is -0.420. The number of aromatic nitrogens is 2. The summed E-state index contributed by atoms with van der Waals surface area (Å²) in [5.74, 6) is 0.785. The Bertz CT molecular complexity index is 880. The molecule has 1 saturated heterocycles. The minimum absolute atomic E-state index is 0.245. The van der Waals surface area contributed by atoms with Gasteiger partial charge in [-0.1, -0.05) is 5.16 Å². The molecular weight excluding hydrogens is 344 g/mol. The second kappa shape index (κ2) is 7.65. The molecule has 1 aromatic carbocycles. The Kier molecular flexibility index (Phi) is 4.91. The fourth-order valence-electron chi connectivity index (χ4n) is 3.24. The first kappa shape index (κ1) is 17.3. The molecule has 0 saturated carbocycles. The molecule has 0 aliphatic carbocycles. The lowest BCUT2D eigenvalue weighted by atomic mass is 10.1. The summed E-state index contributed by atoms with van der Waals surface area (Å²) in [5, 5.41) is 6.83. The Morgan fingerprint density at radius 3 is 2.63 bits per heavy atom. The van der Waals surface area contributed by atoms with Crippen LogP contribution in [0.3, 0.4) is 0 Å². The zero-order valence-corrected chi connectivity index (χ0v) is 15.2. The van der Waals surface area contributed by atoms with Crippen molar-refractivity contribution in [2.45, 2.75) is 32.2 Å². The zero-order chi connectivity index (χ0) is 18.6. The van der Waals surface area contributed by atoms with E-state index in [-0.39, 0.29) is 11.7 Å². The van der Waals surface area contributed by atoms with Crippen molar-refractivity contribution in [1.82, 2.24) is 15.5 Å². The van der Waals surface area contributed by atoms with Gasteiger partial charge in [-0.3, -0.25) is 4.79 Å². The molecule has 27 heavy (non-hydrogen) atoms. The highest BCUT2D eigenvalue weighted by molar-refractivity contribution is 5.91. The van der Waals surface area contributed by atoms with Crippen molar-refractivity contribution in [2.75, 3.05) is 18.0 Å². The predicted molar refractivity (Wildman–Crippen MR) is 100 cm³/mol. The summed E-state index contributed by atoms with van der Waals surface area (Å²) in [6.07, 6.45) is 5.27. The largest absolute Gasteiger partial charge is 0.459 e. The maximum atomic E-state index is 12.1. The van der Waals surface area contributed by atoms with Crippen LogP contribution in [0.15, 0.2) is 51.6 Å². The van der Waals surface area contributed by atoms with Crippen LogP contribution < -0.4 is 10.2 Å². The molecule has 0 bridgehead atoms. The van der Waals surface area contributed by atoms with E-state index in [2.05, 4.69) is 32.5 Å². The molecule has 1 atom stereocenters. The van der Waals surface area contributed by atoms with E-state index in [9.17, 15) is 4.79 Å². The molecule has 0 spiro atoms. The standard InChI is InChI=1S/C20H22N4O3/c1-14(21-19(25)17-6-5-13-26-17)20-22-18(23-27-20)15-7-9-16(10-8-15)24-11-3-2-4-12-24/h5-10,13-14H,2-4,11-12H2,1H3,(H,21,25)/t14-/m0/s1. The van der Waals surface area contributed by atoms with Crippen molar-refractivity contribution in [3.8, 4) is 11.4 Å². The number of amides is 1. The van der Waals surface area contributed by atoms with Gasteiger partial charge in [0, 0.05) is 24.3 Å². The number of nitrogens with one attached hydrogen (secondary N) is 1. The van der Waals surface area contributed by atoms with Gasteiger partial charge in [0.15, 0.2) is 5.76 Å². The van der Waals surface area contributed by atoms with E-state index in [4.69, 9.17) is 8.94 Å². The van der Waals surface area contributed by atoms with Crippen molar-refractivity contribution in [2.24, 2.45) is 0 Å². The number of benzene rings is 1. The average Bonchev–Trinajstić information content (AvgIpc) is 3.41. The highest BCUT2D eigenvalue weighted by atomic mass is 16.5. The summed E-state index contributed by atoms with van der Waals surface area (Å²) in [6, 6.07) is 11.0. The molecule has 3 heterocycles. The van der Waals surface area contributed by atoms with Crippen molar-refractivity contribution < 1.29 is 13.7 Å². The number of carbonyl (C=O) groups excluding carboxylic acids is 1. The Balaban J connectivity index is 1.43. The number of piperidine rings is 1. The first-order valence-electron chi connectivity index (χ1n) is 9.24. The van der Waals surface area contributed by atoms with Crippen molar-refractivity contribution >= 4 is 11.6 Å². The van der Waals surface area contributed by atoms with E-state index in [1.807, 2.05) is 12.1 Å². The lowest BCUT2D eigenvalue weighted by Crippen LogP contribution is -2.29. The molecule has 3 aromatic rings. The second-order valence-electron chi connectivity index (χ2n) is 6.72. The van der Waals surface area contributed by atoms with Gasteiger partial charge >= 0.3 is 0 Å². The Hall–Kier alpha value is -3.09. The summed E-state index contributed by atoms with van der Waals surface area (Å²) in [5.41, 5.74) is 2.11. The first-order valence-corrected chi connectivity index (χ1v) is 9.24. The number of rotatable bonds is 5. The van der Waals surface area contributed by atoms with Crippen LogP contribution in [0, 0.1) is 0 Å². The van der Waals surface area contributed by atoms with Crippen LogP contribution in [0.2, 0.25) is 0 Å². The third-order valence-corrected chi connectivity index (χ3v) is 4.75. The molecule has 1 aliphatic rings. The monoisotopic (exact) mass is 366 g/mol. The topological polar surface area (TPSA) is 84.4 Å². The minimum Gasteiger partial charge on any atom is -0.459 e. The van der Waals surface area contributed by atoms with Crippen LogP contribution in [0.4, 0.5) is 5.69 Å². The predicted octanol–water partition coefficient (Wildman–Crippen LogP) is 3.81. The molecule has 7 heteroatoms. The fourth-order valence-corrected chi connectivity index (χ4v) is 3.24. The Labute approximate surface area is 157 Å². The van der Waals surface area contributed by atoms with E-state index in [0.717, 1.165) is 18.7 Å². The van der Waals surface area contributed by atoms with Gasteiger partial charge in [0.2, 0.25) is 11.7 Å². The maximum absolute atomic E-state index is 12.1. The van der Waals surface area contributed by atoms with Gasteiger partial charge in [0.05, 0.1) is 6.26 Å². The molecule has 1 aliphatic heterocycles. The first-order chi connectivity index (χ1) is 13.2. The lowest BCUT2D eigenvalue weighted by molar-refractivity contribution is 0.0904. The number of hydrogen-bond acceptors (Lipinski definition) is 6. The number of carbonyl (C=O) groups is 1. The number of furan rings is 1. The van der Waals surface area contributed by atoms with Crippen molar-refractivity contribution in [3.63, 3.8) is 0 Å². The number of nitrogens with zero attached hydrogens (tertiary/aromatic N) is 3. The lowest BCUT2D eigenvalue weighted by Gasteiger charge is -2.28. The number of hydrogen-bond donors (Lipinski definition) is 1. The van der Waals surface area contributed by atoms with Gasteiger partial charge in [-0.25, -0.2) is 0 Å². The van der Waals surface area contributed by atoms with Gasteiger partial charge in [0.1, 0.15) is 6.04 Å². The molecule has 0 radical (unpaired) electrons. The van der Waals surface area contributed by atoms with Crippen LogP contribution in [-0.2, 0) is 0 Å². The molecule has 140 valence electrons. The summed E-state index contributed by atoms with van der Waals surface area (Å²) < 4.78 is 10.4. The summed E-state index contributed by atoms with van der Waals surface area (Å²) in [7, 11) is 0. The van der Waals surface area contributed by atoms with Crippen LogP contribution >= 0.6 is 0 Å². The number of anilines is 1. The molecule has 1 fully saturated rings. The van der Waals surface area contributed by atoms with E-state index in [1.54, 1.807) is 19.1 Å². The van der Waals surface area contributed by atoms with E-state index in [0.29, 0.717) is 11.7 Å². The SMILES string of the molecule is C[C@H](NC(=O)c1ccco1)c1nc(-c2ccc(N3CCCCC3)cc2)no1. The maximum Gasteiger partial charge on any atom is 0.287 e. The van der Waals surface area contributed by atoms with Crippen LogP contribution in [0.1, 0.15) is 48.7 Å². The third kappa shape index (κ3) is 3.86. The van der Waals surface area contributed by atoms with E-state index < -0.39 is 6.04 Å². The second-order valence-corrected chi connectivity index (χ2v) is 6.72. The Morgan fingerprint density at radius 2 is 1.93 bits per heavy atom. The van der Waals surface area contributed by atoms with E-state index >= 15 is 0 Å². The van der Waals surface area contributed by atoms with E-state index in [1.165, 1.54) is 31.2 Å². The van der Waals surface area contributed by atoms with Crippen LogP contribution in [0.25, 0.3) is 11.4 Å². The van der Waals surface area contributed by atoms with Gasteiger partial charge in [-0.05, 0) is 62.6 Å².